The van der Waals surface area contributed by atoms with Crippen LogP contribution in [0.2, 0.25) is 5.02 Å². The predicted octanol–water partition coefficient (Wildman–Crippen LogP) is 2.01. The van der Waals surface area contributed by atoms with Crippen molar-refractivity contribution >= 4 is 27.6 Å². The number of allylic oxidation sites excluding steroid dienone is 2. The number of hydrogen-bond donors (Lipinski definition) is 0. The van der Waals surface area contributed by atoms with Crippen LogP contribution in [0, 0.1) is 5.92 Å². The number of esters is 1. The van der Waals surface area contributed by atoms with Crippen molar-refractivity contribution < 1.29 is 17.9 Å². The fraction of sp³-hybridized carbons (Fsp3) is 0.577. The molecule has 0 saturated carbocycles. The van der Waals surface area contributed by atoms with Crippen molar-refractivity contribution in [1.29, 1.82) is 0 Å². The van der Waals surface area contributed by atoms with E-state index in [4.69, 9.17) is 16.3 Å². The Kier molecular flexibility index (Phi) is 8.79. The van der Waals surface area contributed by atoms with Crippen LogP contribution in [0.25, 0.3) is 0 Å². The Morgan fingerprint density at radius 3 is 2.71 bits per heavy atom. The molecule has 3 aliphatic rings. The first kappa shape index (κ1) is 27.3. The van der Waals surface area contributed by atoms with Gasteiger partial charge in [0.15, 0.2) is 0 Å². The average Bonchev–Trinajstić information content (AvgIpc) is 3.63. The van der Waals surface area contributed by atoms with Crippen LogP contribution < -0.4 is 0 Å². The van der Waals surface area contributed by atoms with Crippen molar-refractivity contribution in [3.63, 3.8) is 0 Å². The van der Waals surface area contributed by atoms with Crippen LogP contribution >= 0.6 is 11.6 Å². The van der Waals surface area contributed by atoms with Gasteiger partial charge in [0.1, 0.15) is 6.61 Å². The number of benzene rings is 1. The van der Waals surface area contributed by atoms with Crippen LogP contribution in [-0.2, 0) is 32.6 Å². The highest BCUT2D eigenvalue weighted by atomic mass is 35.5. The van der Waals surface area contributed by atoms with Crippen molar-refractivity contribution in [3.05, 3.63) is 58.9 Å². The standard InChI is InChI=1S/C26H35ClN6O4S/c27-25-8-4-3-7-22(25)16-32-17-23(28-29-32)18-33-19-24(20-38(33,35)36)31-11-9-30(10-12-31)13-14-37-26(34)15-21-5-1-2-6-21/h1,3-5,7-8,17,21,24H,2,6,9-16,18-20H2. The Morgan fingerprint density at radius 2 is 1.95 bits per heavy atom. The van der Waals surface area contributed by atoms with Gasteiger partial charge in [-0.25, -0.2) is 13.1 Å². The Hall–Kier alpha value is -2.31. The van der Waals surface area contributed by atoms with Gasteiger partial charge in [-0.15, -0.1) is 5.10 Å². The maximum absolute atomic E-state index is 12.9. The van der Waals surface area contributed by atoms with Crippen molar-refractivity contribution in [2.45, 2.75) is 38.4 Å². The Labute approximate surface area is 229 Å². The van der Waals surface area contributed by atoms with E-state index in [1.54, 1.807) is 10.9 Å². The van der Waals surface area contributed by atoms with E-state index < -0.39 is 10.0 Å². The summed E-state index contributed by atoms with van der Waals surface area (Å²) >= 11 is 6.24. The van der Waals surface area contributed by atoms with Crippen LogP contribution in [0.3, 0.4) is 0 Å². The average molecular weight is 563 g/mol. The molecule has 2 saturated heterocycles. The van der Waals surface area contributed by atoms with Crippen molar-refractivity contribution in [2.24, 2.45) is 5.92 Å². The van der Waals surface area contributed by atoms with Crippen LogP contribution in [0.4, 0.5) is 0 Å². The van der Waals surface area contributed by atoms with Gasteiger partial charge in [0.2, 0.25) is 10.0 Å². The summed E-state index contributed by atoms with van der Waals surface area (Å²) in [6, 6.07) is 7.51. The highest BCUT2D eigenvalue weighted by Gasteiger charge is 2.40. The number of ether oxygens (including phenoxy) is 1. The monoisotopic (exact) mass is 562 g/mol. The van der Waals surface area contributed by atoms with Crippen molar-refractivity contribution in [1.82, 2.24) is 29.1 Å². The fourth-order valence-corrected chi connectivity index (χ4v) is 7.32. The second-order valence-corrected chi connectivity index (χ2v) is 12.7. The minimum absolute atomic E-state index is 0.0439. The lowest BCUT2D eigenvalue weighted by molar-refractivity contribution is -0.144. The molecule has 0 N–H and O–H groups in total. The first-order chi connectivity index (χ1) is 18.4. The normalized spacial score (nSPS) is 24.2. The molecule has 206 valence electrons. The molecule has 2 unspecified atom stereocenters. The Morgan fingerprint density at radius 1 is 1.13 bits per heavy atom. The number of nitrogens with zero attached hydrogens (tertiary/aromatic N) is 6. The largest absolute Gasteiger partial charge is 0.464 e. The molecule has 0 amide bonds. The van der Waals surface area contributed by atoms with Crippen molar-refractivity contribution in [3.8, 4) is 0 Å². The van der Waals surface area contributed by atoms with Gasteiger partial charge in [-0.05, 0) is 30.4 Å². The fourth-order valence-electron chi connectivity index (χ4n) is 5.38. The third-order valence-corrected chi connectivity index (χ3v) is 9.80. The van der Waals surface area contributed by atoms with Gasteiger partial charge in [-0.1, -0.05) is 47.2 Å². The lowest BCUT2D eigenvalue weighted by Crippen LogP contribution is -2.52. The molecule has 0 radical (unpaired) electrons. The molecule has 2 aromatic rings. The summed E-state index contributed by atoms with van der Waals surface area (Å²) in [4.78, 5) is 16.6. The molecule has 0 bridgehead atoms. The topological polar surface area (TPSA) is 101 Å². The molecule has 1 aromatic heterocycles. The molecular weight excluding hydrogens is 528 g/mol. The quantitative estimate of drug-likeness (QED) is 0.320. The molecule has 5 rings (SSSR count). The number of piperazine rings is 1. The van der Waals surface area contributed by atoms with Crippen LogP contribution in [0.1, 0.15) is 30.5 Å². The summed E-state index contributed by atoms with van der Waals surface area (Å²) in [5.41, 5.74) is 1.54. The van der Waals surface area contributed by atoms with Gasteiger partial charge < -0.3 is 4.74 Å². The third kappa shape index (κ3) is 7.01. The SMILES string of the molecule is O=C(CC1C=CCC1)OCCN1CCN(C2CN(Cc3cn(Cc4ccccc4Cl)nn3)S(=O)(=O)C2)CC1. The number of hydrogen-bond acceptors (Lipinski definition) is 8. The molecule has 2 aliphatic heterocycles. The van der Waals surface area contributed by atoms with Crippen LogP contribution in [0.5, 0.6) is 0 Å². The summed E-state index contributed by atoms with van der Waals surface area (Å²) < 4.78 is 34.5. The number of aromatic nitrogens is 3. The zero-order valence-electron chi connectivity index (χ0n) is 21.5. The molecule has 38 heavy (non-hydrogen) atoms. The molecule has 0 spiro atoms. The molecule has 1 aromatic carbocycles. The van der Waals surface area contributed by atoms with Gasteiger partial charge >= 0.3 is 5.97 Å². The van der Waals surface area contributed by atoms with Gasteiger partial charge in [-0.2, -0.15) is 4.31 Å². The van der Waals surface area contributed by atoms with E-state index in [0.29, 0.717) is 49.3 Å². The first-order valence-corrected chi connectivity index (χ1v) is 15.2. The number of sulfonamides is 1. The molecule has 12 heteroatoms. The molecule has 2 fully saturated rings. The van der Waals surface area contributed by atoms with E-state index in [0.717, 1.165) is 44.6 Å². The maximum atomic E-state index is 12.9. The number of rotatable bonds is 10. The van der Waals surface area contributed by atoms with Gasteiger partial charge in [0, 0.05) is 50.3 Å². The third-order valence-electron chi connectivity index (χ3n) is 7.56. The van der Waals surface area contributed by atoms with Gasteiger partial charge in [0.25, 0.3) is 0 Å². The molecule has 1 aliphatic carbocycles. The summed E-state index contributed by atoms with van der Waals surface area (Å²) in [5, 5.41) is 9.01. The number of carbonyl (C=O) groups excluding carboxylic acids is 1. The maximum Gasteiger partial charge on any atom is 0.306 e. The van der Waals surface area contributed by atoms with Crippen molar-refractivity contribution in [2.75, 3.05) is 51.6 Å². The van der Waals surface area contributed by atoms with E-state index >= 15 is 0 Å². The van der Waals surface area contributed by atoms with E-state index in [9.17, 15) is 13.2 Å². The second kappa shape index (κ2) is 12.3. The summed E-state index contributed by atoms with van der Waals surface area (Å²) in [7, 11) is -3.37. The summed E-state index contributed by atoms with van der Waals surface area (Å²) in [5.74, 6) is 0.322. The van der Waals surface area contributed by atoms with Crippen LogP contribution in [0.15, 0.2) is 42.6 Å². The summed E-state index contributed by atoms with van der Waals surface area (Å²) in [6.45, 7) is 5.49. The highest BCUT2D eigenvalue weighted by molar-refractivity contribution is 7.89. The number of carbonyl (C=O) groups is 1. The van der Waals surface area contributed by atoms with E-state index in [2.05, 4.69) is 32.3 Å². The minimum atomic E-state index is -3.37. The zero-order chi connectivity index (χ0) is 26.5. The predicted molar refractivity (Wildman–Crippen MR) is 144 cm³/mol. The highest BCUT2D eigenvalue weighted by Crippen LogP contribution is 2.23. The molecule has 3 heterocycles. The molecule has 2 atom stereocenters. The van der Waals surface area contributed by atoms with E-state index in [-0.39, 0.29) is 24.3 Å². The molecule has 10 nitrogen and oxygen atoms in total. The van der Waals surface area contributed by atoms with E-state index in [1.807, 2.05) is 24.3 Å². The Bertz CT molecular complexity index is 1240. The minimum Gasteiger partial charge on any atom is -0.464 e. The molecular formula is C26H35ClN6O4S. The number of halogens is 1. The second-order valence-electron chi connectivity index (χ2n) is 10.3. The van der Waals surface area contributed by atoms with Gasteiger partial charge in [0.05, 0.1) is 37.2 Å². The smallest absolute Gasteiger partial charge is 0.306 e. The zero-order valence-corrected chi connectivity index (χ0v) is 23.1. The Balaban J connectivity index is 1.05. The lowest BCUT2D eigenvalue weighted by Gasteiger charge is -2.37. The van der Waals surface area contributed by atoms with E-state index in [1.165, 1.54) is 4.31 Å². The summed E-state index contributed by atoms with van der Waals surface area (Å²) in [6.07, 6.45) is 8.57. The lowest BCUT2D eigenvalue weighted by atomic mass is 10.1. The first-order valence-electron chi connectivity index (χ1n) is 13.2. The van der Waals surface area contributed by atoms with Crippen LogP contribution in [-0.4, -0.2) is 101 Å². The van der Waals surface area contributed by atoms with Gasteiger partial charge in [-0.3, -0.25) is 14.6 Å².